The van der Waals surface area contributed by atoms with E-state index in [1.54, 1.807) is 6.20 Å². The van der Waals surface area contributed by atoms with Crippen molar-refractivity contribution in [3.05, 3.63) is 53.7 Å². The Morgan fingerprint density at radius 2 is 2.11 bits per heavy atom. The van der Waals surface area contributed by atoms with Gasteiger partial charge in [-0.15, -0.1) is 0 Å². The van der Waals surface area contributed by atoms with E-state index in [0.29, 0.717) is 6.04 Å². The minimum absolute atomic E-state index is 0.0522. The molecule has 0 bridgehead atoms. The number of nitrogens with zero attached hydrogens (tertiary/aromatic N) is 2. The molecule has 2 aromatic carbocycles. The maximum Gasteiger partial charge on any atom is 0.319 e. The van der Waals surface area contributed by atoms with Gasteiger partial charge in [0.1, 0.15) is 0 Å². The standard InChI is InChI=1S/C22H25N5O/c1-14-5-4-12-27(14)21-9-2-6-15-16(21)10-11-19(15)25-22(28)24-18-7-3-8-20-17(18)13-23-26-20/h2-3,6-9,13-14,19H,4-5,10-12H2,1H3,(H,23,26)(H2,24,25,28). The normalized spacial score (nSPS) is 21.1. The van der Waals surface area contributed by atoms with Crippen LogP contribution < -0.4 is 15.5 Å². The second-order valence-corrected chi connectivity index (χ2v) is 7.86. The molecule has 2 aliphatic rings. The number of hydrogen-bond donors (Lipinski definition) is 3. The molecule has 5 rings (SSSR count). The zero-order chi connectivity index (χ0) is 19.1. The molecule has 2 unspecified atom stereocenters. The number of amides is 2. The lowest BCUT2D eigenvalue weighted by molar-refractivity contribution is 0.248. The first-order valence-electron chi connectivity index (χ1n) is 10.1. The van der Waals surface area contributed by atoms with Gasteiger partial charge in [0.05, 0.1) is 23.4 Å². The molecule has 3 N–H and O–H groups in total. The second-order valence-electron chi connectivity index (χ2n) is 7.86. The quantitative estimate of drug-likeness (QED) is 0.637. The molecule has 2 atom stereocenters. The van der Waals surface area contributed by atoms with Gasteiger partial charge in [-0.2, -0.15) is 5.10 Å². The fourth-order valence-corrected chi connectivity index (χ4v) is 4.74. The van der Waals surface area contributed by atoms with Gasteiger partial charge in [0, 0.05) is 23.7 Å². The van der Waals surface area contributed by atoms with Crippen LogP contribution in [0.25, 0.3) is 10.9 Å². The highest BCUT2D eigenvalue weighted by molar-refractivity contribution is 6.00. The van der Waals surface area contributed by atoms with Crippen LogP contribution in [0.1, 0.15) is 43.4 Å². The summed E-state index contributed by atoms with van der Waals surface area (Å²) >= 11 is 0. The number of nitrogens with one attached hydrogen (secondary N) is 3. The molecule has 1 fully saturated rings. The van der Waals surface area contributed by atoms with E-state index < -0.39 is 0 Å². The van der Waals surface area contributed by atoms with Crippen LogP contribution in [0.4, 0.5) is 16.2 Å². The van der Waals surface area contributed by atoms with Gasteiger partial charge in [-0.25, -0.2) is 4.79 Å². The average Bonchev–Trinajstić information content (AvgIpc) is 3.42. The van der Waals surface area contributed by atoms with E-state index in [0.717, 1.165) is 36.0 Å². The first-order valence-corrected chi connectivity index (χ1v) is 10.1. The minimum Gasteiger partial charge on any atom is -0.369 e. The number of hydrogen-bond acceptors (Lipinski definition) is 3. The van der Waals surface area contributed by atoms with Gasteiger partial charge < -0.3 is 15.5 Å². The van der Waals surface area contributed by atoms with Crippen LogP contribution in [0.2, 0.25) is 0 Å². The number of fused-ring (bicyclic) bond motifs is 2. The predicted octanol–water partition coefficient (Wildman–Crippen LogP) is 4.36. The third-order valence-electron chi connectivity index (χ3n) is 6.15. The van der Waals surface area contributed by atoms with E-state index in [4.69, 9.17) is 0 Å². The Labute approximate surface area is 164 Å². The van der Waals surface area contributed by atoms with E-state index in [1.807, 2.05) is 18.2 Å². The van der Waals surface area contributed by atoms with E-state index in [2.05, 4.69) is 50.9 Å². The van der Waals surface area contributed by atoms with Crippen molar-refractivity contribution in [1.29, 1.82) is 0 Å². The van der Waals surface area contributed by atoms with Crippen LogP contribution in [0, 0.1) is 0 Å². The average molecular weight is 375 g/mol. The number of urea groups is 1. The van der Waals surface area contributed by atoms with Crippen LogP contribution in [0.15, 0.2) is 42.6 Å². The van der Waals surface area contributed by atoms with Crippen LogP contribution in [0.3, 0.4) is 0 Å². The lowest BCUT2D eigenvalue weighted by atomic mass is 10.1. The largest absolute Gasteiger partial charge is 0.369 e. The summed E-state index contributed by atoms with van der Waals surface area (Å²) in [5.41, 5.74) is 5.69. The topological polar surface area (TPSA) is 73.1 Å². The Bertz CT molecular complexity index is 1030. The van der Waals surface area contributed by atoms with Gasteiger partial charge in [-0.3, -0.25) is 5.10 Å². The molecular formula is C22H25N5O. The molecule has 144 valence electrons. The highest BCUT2D eigenvalue weighted by Crippen LogP contribution is 2.39. The third kappa shape index (κ3) is 2.89. The Kier molecular flexibility index (Phi) is 4.19. The molecular weight excluding hydrogens is 350 g/mol. The number of rotatable bonds is 3. The summed E-state index contributed by atoms with van der Waals surface area (Å²) in [5.74, 6) is 0. The molecule has 28 heavy (non-hydrogen) atoms. The van der Waals surface area contributed by atoms with Crippen LogP contribution in [0.5, 0.6) is 0 Å². The zero-order valence-corrected chi connectivity index (χ0v) is 16.0. The number of aromatic amines is 1. The highest BCUT2D eigenvalue weighted by Gasteiger charge is 2.30. The van der Waals surface area contributed by atoms with Crippen molar-refractivity contribution in [1.82, 2.24) is 15.5 Å². The van der Waals surface area contributed by atoms with E-state index in [-0.39, 0.29) is 12.1 Å². The summed E-state index contributed by atoms with van der Waals surface area (Å²) in [6.07, 6.45) is 6.20. The molecule has 1 aliphatic heterocycles. The Morgan fingerprint density at radius 1 is 1.21 bits per heavy atom. The summed E-state index contributed by atoms with van der Waals surface area (Å²) in [5, 5.41) is 14.1. The van der Waals surface area contributed by atoms with Gasteiger partial charge in [-0.05, 0) is 61.9 Å². The van der Waals surface area contributed by atoms with Gasteiger partial charge in [0.25, 0.3) is 0 Å². The van der Waals surface area contributed by atoms with E-state index in [9.17, 15) is 4.79 Å². The second kappa shape index (κ2) is 6.86. The molecule has 6 heteroatoms. The summed E-state index contributed by atoms with van der Waals surface area (Å²) in [7, 11) is 0. The summed E-state index contributed by atoms with van der Waals surface area (Å²) in [4.78, 5) is 15.2. The van der Waals surface area contributed by atoms with Crippen molar-refractivity contribution < 1.29 is 4.79 Å². The Morgan fingerprint density at radius 3 is 2.96 bits per heavy atom. The van der Waals surface area contributed by atoms with Crippen molar-refractivity contribution in [2.75, 3.05) is 16.8 Å². The number of carbonyl (C=O) groups excluding carboxylic acids is 1. The Balaban J connectivity index is 1.34. The summed E-state index contributed by atoms with van der Waals surface area (Å²) in [6, 6.07) is 12.7. The van der Waals surface area contributed by atoms with Crippen molar-refractivity contribution in [3.8, 4) is 0 Å². The predicted molar refractivity (Wildman–Crippen MR) is 112 cm³/mol. The van der Waals surface area contributed by atoms with Crippen LogP contribution >= 0.6 is 0 Å². The van der Waals surface area contributed by atoms with E-state index >= 15 is 0 Å². The smallest absolute Gasteiger partial charge is 0.319 e. The fourth-order valence-electron chi connectivity index (χ4n) is 4.74. The van der Waals surface area contributed by atoms with Gasteiger partial charge in [0.15, 0.2) is 0 Å². The van der Waals surface area contributed by atoms with Crippen LogP contribution in [-0.2, 0) is 6.42 Å². The minimum atomic E-state index is -0.175. The van der Waals surface area contributed by atoms with Gasteiger partial charge in [-0.1, -0.05) is 18.2 Å². The lowest BCUT2D eigenvalue weighted by Crippen LogP contribution is -2.31. The first-order chi connectivity index (χ1) is 13.7. The molecule has 0 radical (unpaired) electrons. The summed E-state index contributed by atoms with van der Waals surface area (Å²) < 4.78 is 0. The monoisotopic (exact) mass is 375 g/mol. The lowest BCUT2D eigenvalue weighted by Gasteiger charge is -2.26. The van der Waals surface area contributed by atoms with Crippen molar-refractivity contribution in [2.24, 2.45) is 0 Å². The third-order valence-corrected chi connectivity index (χ3v) is 6.15. The number of anilines is 2. The molecule has 0 saturated carbocycles. The Hall–Kier alpha value is -3.02. The number of aromatic nitrogens is 2. The molecule has 3 aromatic rings. The zero-order valence-electron chi connectivity index (χ0n) is 16.0. The highest BCUT2D eigenvalue weighted by atomic mass is 16.2. The molecule has 2 amide bonds. The molecule has 1 saturated heterocycles. The van der Waals surface area contributed by atoms with E-state index in [1.165, 1.54) is 29.7 Å². The molecule has 1 aliphatic carbocycles. The number of H-pyrrole nitrogens is 1. The van der Waals surface area contributed by atoms with Crippen molar-refractivity contribution in [3.63, 3.8) is 0 Å². The SMILES string of the molecule is CC1CCCN1c1cccc2c1CCC2NC(=O)Nc1cccc2[nH]ncc12. The molecule has 2 heterocycles. The van der Waals surface area contributed by atoms with Crippen LogP contribution in [-0.4, -0.2) is 28.8 Å². The number of benzene rings is 2. The number of carbonyl (C=O) groups is 1. The van der Waals surface area contributed by atoms with Gasteiger partial charge >= 0.3 is 6.03 Å². The fraction of sp³-hybridized carbons (Fsp3) is 0.364. The van der Waals surface area contributed by atoms with Crippen molar-refractivity contribution in [2.45, 2.75) is 44.7 Å². The summed E-state index contributed by atoms with van der Waals surface area (Å²) in [6.45, 7) is 3.44. The molecule has 0 spiro atoms. The molecule has 6 nitrogen and oxygen atoms in total. The van der Waals surface area contributed by atoms with Crippen molar-refractivity contribution >= 4 is 28.3 Å². The maximum atomic E-state index is 12.7. The molecule has 1 aromatic heterocycles. The first kappa shape index (κ1) is 17.1. The maximum absolute atomic E-state index is 12.7. The van der Waals surface area contributed by atoms with Gasteiger partial charge in [0.2, 0.25) is 0 Å².